The third kappa shape index (κ3) is 5.53. The van der Waals surface area contributed by atoms with Crippen LogP contribution in [0, 0.1) is 0 Å². The Bertz CT molecular complexity index is 95.0. The summed E-state index contributed by atoms with van der Waals surface area (Å²) in [6, 6.07) is 0. The average molecular weight is 145 g/mol. The summed E-state index contributed by atoms with van der Waals surface area (Å²) in [4.78, 5) is 10.7. The minimum Gasteiger partial charge on any atom is -0.354 e. The molecular weight excluding hydrogens is 130 g/mol. The Morgan fingerprint density at radius 1 is 1.20 bits per heavy atom. The molecule has 0 atom stereocenters. The van der Waals surface area contributed by atoms with Gasteiger partial charge in [0.05, 0.1) is 6.54 Å². The number of rotatable bonds is 5. The normalized spacial score (nSPS) is 9.40. The van der Waals surface area contributed by atoms with Crippen LogP contribution in [0.2, 0.25) is 0 Å². The minimum absolute atomic E-state index is 0.0396. The van der Waals surface area contributed by atoms with Gasteiger partial charge in [0, 0.05) is 13.1 Å². The average Bonchev–Trinajstić information content (AvgIpc) is 1.89. The van der Waals surface area contributed by atoms with Crippen LogP contribution in [-0.4, -0.2) is 39.6 Å². The molecule has 0 bridgehead atoms. The zero-order valence-corrected chi connectivity index (χ0v) is 6.53. The van der Waals surface area contributed by atoms with Gasteiger partial charge in [-0.05, 0) is 14.1 Å². The molecule has 0 spiro atoms. The Hall–Kier alpha value is -0.610. The molecule has 0 heterocycles. The fraction of sp³-hybridized carbons (Fsp3) is 0.833. The van der Waals surface area contributed by atoms with E-state index < -0.39 is 0 Å². The van der Waals surface area contributed by atoms with Crippen LogP contribution in [0.4, 0.5) is 0 Å². The van der Waals surface area contributed by atoms with Crippen LogP contribution in [-0.2, 0) is 4.79 Å². The molecule has 0 aliphatic heterocycles. The van der Waals surface area contributed by atoms with Crippen LogP contribution in [0.15, 0.2) is 0 Å². The lowest BCUT2D eigenvalue weighted by atomic mass is 10.5. The maximum atomic E-state index is 10.7. The molecule has 0 aromatic carbocycles. The van der Waals surface area contributed by atoms with Crippen molar-refractivity contribution in [2.45, 2.75) is 0 Å². The molecule has 0 fully saturated rings. The summed E-state index contributed by atoms with van der Waals surface area (Å²) in [6.45, 7) is 1.90. The van der Waals surface area contributed by atoms with Crippen LogP contribution in [0.25, 0.3) is 0 Å². The van der Waals surface area contributed by atoms with E-state index in [2.05, 4.69) is 16.0 Å². The Morgan fingerprint density at radius 2 is 1.90 bits per heavy atom. The molecule has 4 nitrogen and oxygen atoms in total. The van der Waals surface area contributed by atoms with Gasteiger partial charge >= 0.3 is 0 Å². The van der Waals surface area contributed by atoms with Crippen molar-refractivity contribution in [3.8, 4) is 0 Å². The highest BCUT2D eigenvalue weighted by Crippen LogP contribution is 1.60. The summed E-state index contributed by atoms with van der Waals surface area (Å²) in [6.07, 6.45) is 0. The smallest absolute Gasteiger partial charge is 0.233 e. The molecule has 0 aromatic heterocycles. The van der Waals surface area contributed by atoms with Gasteiger partial charge in [0.2, 0.25) is 5.91 Å². The van der Waals surface area contributed by atoms with Crippen LogP contribution < -0.4 is 16.0 Å². The highest BCUT2D eigenvalue weighted by Gasteiger charge is 1.94. The highest BCUT2D eigenvalue weighted by molar-refractivity contribution is 5.77. The number of carbonyl (C=O) groups is 1. The molecule has 60 valence electrons. The third-order valence-electron chi connectivity index (χ3n) is 1.03. The molecule has 0 aliphatic carbocycles. The van der Waals surface area contributed by atoms with Crippen molar-refractivity contribution in [2.75, 3.05) is 33.7 Å². The summed E-state index contributed by atoms with van der Waals surface area (Å²) in [7, 11) is 3.60. The largest absolute Gasteiger partial charge is 0.354 e. The Labute approximate surface area is 61.4 Å². The lowest BCUT2D eigenvalue weighted by Crippen LogP contribution is -2.35. The number of amides is 1. The SMILES string of the molecule is CNCCNC(=O)CNC. The number of likely N-dealkylation sites (N-methyl/N-ethyl adjacent to an activating group) is 2. The fourth-order valence-corrected chi connectivity index (χ4v) is 0.550. The lowest BCUT2D eigenvalue weighted by molar-refractivity contribution is -0.120. The van der Waals surface area contributed by atoms with E-state index in [4.69, 9.17) is 0 Å². The summed E-state index contributed by atoms with van der Waals surface area (Å²) in [5, 5.41) is 8.41. The second-order valence-electron chi connectivity index (χ2n) is 1.98. The highest BCUT2D eigenvalue weighted by atomic mass is 16.1. The summed E-state index contributed by atoms with van der Waals surface area (Å²) >= 11 is 0. The van der Waals surface area contributed by atoms with E-state index in [1.807, 2.05) is 7.05 Å². The van der Waals surface area contributed by atoms with Crippen LogP contribution in [0.5, 0.6) is 0 Å². The van der Waals surface area contributed by atoms with E-state index in [-0.39, 0.29) is 5.91 Å². The van der Waals surface area contributed by atoms with Gasteiger partial charge in [0.1, 0.15) is 0 Å². The first-order valence-electron chi connectivity index (χ1n) is 3.37. The standard InChI is InChI=1S/C6H15N3O/c1-7-3-4-9-6(10)5-8-2/h7-8H,3-5H2,1-2H3,(H,9,10). The molecule has 0 unspecified atom stereocenters. The van der Waals surface area contributed by atoms with Crippen LogP contribution >= 0.6 is 0 Å². The van der Waals surface area contributed by atoms with E-state index in [0.717, 1.165) is 6.54 Å². The van der Waals surface area contributed by atoms with Gasteiger partial charge in [0.25, 0.3) is 0 Å². The van der Waals surface area contributed by atoms with E-state index in [0.29, 0.717) is 13.1 Å². The second-order valence-corrected chi connectivity index (χ2v) is 1.98. The molecule has 0 aliphatic rings. The molecule has 0 saturated heterocycles. The predicted octanol–water partition coefficient (Wildman–Crippen LogP) is -1.46. The molecule has 0 aromatic rings. The molecule has 4 heteroatoms. The zero-order chi connectivity index (χ0) is 7.82. The maximum Gasteiger partial charge on any atom is 0.233 e. The molecule has 1 amide bonds. The zero-order valence-electron chi connectivity index (χ0n) is 6.53. The van der Waals surface area contributed by atoms with Gasteiger partial charge in [-0.15, -0.1) is 0 Å². The van der Waals surface area contributed by atoms with E-state index in [1.165, 1.54) is 0 Å². The maximum absolute atomic E-state index is 10.7. The van der Waals surface area contributed by atoms with Crippen LogP contribution in [0.1, 0.15) is 0 Å². The summed E-state index contributed by atoms with van der Waals surface area (Å²) in [5.74, 6) is 0.0396. The van der Waals surface area contributed by atoms with Crippen LogP contribution in [0.3, 0.4) is 0 Å². The monoisotopic (exact) mass is 145 g/mol. The number of hydrogen-bond acceptors (Lipinski definition) is 3. The fourth-order valence-electron chi connectivity index (χ4n) is 0.550. The molecule has 10 heavy (non-hydrogen) atoms. The van der Waals surface area contributed by atoms with Crippen molar-refractivity contribution >= 4 is 5.91 Å². The Morgan fingerprint density at radius 3 is 2.40 bits per heavy atom. The molecule has 0 radical (unpaired) electrons. The third-order valence-corrected chi connectivity index (χ3v) is 1.03. The van der Waals surface area contributed by atoms with Crippen molar-refractivity contribution < 1.29 is 4.79 Å². The number of carbonyl (C=O) groups excluding carboxylic acids is 1. The topological polar surface area (TPSA) is 53.2 Å². The molecule has 3 N–H and O–H groups in total. The van der Waals surface area contributed by atoms with Gasteiger partial charge in [0.15, 0.2) is 0 Å². The number of nitrogens with one attached hydrogen (secondary N) is 3. The van der Waals surface area contributed by atoms with Gasteiger partial charge in [-0.3, -0.25) is 4.79 Å². The minimum atomic E-state index is 0.0396. The van der Waals surface area contributed by atoms with E-state index in [9.17, 15) is 4.79 Å². The first kappa shape index (κ1) is 9.39. The van der Waals surface area contributed by atoms with Crippen molar-refractivity contribution in [2.24, 2.45) is 0 Å². The summed E-state index contributed by atoms with van der Waals surface area (Å²) < 4.78 is 0. The molecular formula is C6H15N3O. The van der Waals surface area contributed by atoms with Gasteiger partial charge in [-0.25, -0.2) is 0 Å². The second kappa shape index (κ2) is 6.51. The predicted molar refractivity (Wildman–Crippen MR) is 40.9 cm³/mol. The molecule has 0 saturated carbocycles. The first-order chi connectivity index (χ1) is 4.81. The lowest BCUT2D eigenvalue weighted by Gasteiger charge is -2.02. The van der Waals surface area contributed by atoms with E-state index in [1.54, 1.807) is 7.05 Å². The van der Waals surface area contributed by atoms with Gasteiger partial charge in [-0.2, -0.15) is 0 Å². The first-order valence-corrected chi connectivity index (χ1v) is 3.37. The van der Waals surface area contributed by atoms with Crippen molar-refractivity contribution in [3.05, 3.63) is 0 Å². The van der Waals surface area contributed by atoms with Gasteiger partial charge < -0.3 is 16.0 Å². The van der Waals surface area contributed by atoms with Crippen molar-refractivity contribution in [1.29, 1.82) is 0 Å². The van der Waals surface area contributed by atoms with Gasteiger partial charge in [-0.1, -0.05) is 0 Å². The Kier molecular flexibility index (Phi) is 6.11. The molecule has 0 rings (SSSR count). The Balaban J connectivity index is 3.05. The van der Waals surface area contributed by atoms with E-state index >= 15 is 0 Å². The summed E-state index contributed by atoms with van der Waals surface area (Å²) in [5.41, 5.74) is 0. The number of hydrogen-bond donors (Lipinski definition) is 3. The van der Waals surface area contributed by atoms with Crippen molar-refractivity contribution in [1.82, 2.24) is 16.0 Å². The van der Waals surface area contributed by atoms with Crippen molar-refractivity contribution in [3.63, 3.8) is 0 Å². The quantitative estimate of drug-likeness (QED) is 0.414.